The van der Waals surface area contributed by atoms with Crippen LogP contribution in [0.3, 0.4) is 0 Å². The molecule has 0 aliphatic heterocycles. The van der Waals surface area contributed by atoms with Gasteiger partial charge in [0, 0.05) is 11.5 Å². The van der Waals surface area contributed by atoms with Crippen molar-refractivity contribution >= 4 is 27.9 Å². The minimum atomic E-state index is -0.0712. The Morgan fingerprint density at radius 2 is 2.05 bits per heavy atom. The van der Waals surface area contributed by atoms with Crippen LogP contribution in [0.25, 0.3) is 15.5 Å². The first kappa shape index (κ1) is 13.7. The van der Waals surface area contributed by atoms with E-state index in [4.69, 9.17) is 0 Å². The van der Waals surface area contributed by atoms with Crippen LogP contribution in [0.5, 0.6) is 0 Å². The molecule has 1 aromatic carbocycles. The molecule has 2 heterocycles. The van der Waals surface area contributed by atoms with E-state index in [0.29, 0.717) is 0 Å². The SMILES string of the molecule is Cc1nnc2sc(-c3ccccc3NC(=O)C(C)C)nn12. The van der Waals surface area contributed by atoms with Crippen molar-refractivity contribution in [3.63, 3.8) is 0 Å². The molecule has 21 heavy (non-hydrogen) atoms. The maximum Gasteiger partial charge on any atom is 0.234 e. The number of anilines is 1. The van der Waals surface area contributed by atoms with Gasteiger partial charge in [0.25, 0.3) is 0 Å². The van der Waals surface area contributed by atoms with Gasteiger partial charge in [-0.25, -0.2) is 0 Å². The van der Waals surface area contributed by atoms with E-state index in [1.807, 2.05) is 45.0 Å². The Kier molecular flexibility index (Phi) is 3.42. The highest BCUT2D eigenvalue weighted by Crippen LogP contribution is 2.31. The van der Waals surface area contributed by atoms with Crippen LogP contribution in [0.2, 0.25) is 0 Å². The lowest BCUT2D eigenvalue weighted by atomic mass is 10.1. The van der Waals surface area contributed by atoms with Crippen molar-refractivity contribution in [2.45, 2.75) is 20.8 Å². The second-order valence-corrected chi connectivity index (χ2v) is 5.99. The summed E-state index contributed by atoms with van der Waals surface area (Å²) >= 11 is 1.45. The number of carbonyl (C=O) groups excluding carboxylic acids is 1. The van der Waals surface area contributed by atoms with Crippen molar-refractivity contribution in [3.05, 3.63) is 30.1 Å². The summed E-state index contributed by atoms with van der Waals surface area (Å²) in [5, 5.41) is 16.3. The molecule has 108 valence electrons. The van der Waals surface area contributed by atoms with Crippen LogP contribution in [-0.2, 0) is 4.79 Å². The predicted octanol–water partition coefficient (Wildman–Crippen LogP) is 2.76. The van der Waals surface area contributed by atoms with Gasteiger partial charge in [-0.15, -0.1) is 10.2 Å². The molecule has 0 fully saturated rings. The molecule has 0 aliphatic rings. The maximum atomic E-state index is 11.9. The van der Waals surface area contributed by atoms with Gasteiger partial charge in [-0.3, -0.25) is 4.79 Å². The Balaban J connectivity index is 2.03. The molecule has 3 rings (SSSR count). The average Bonchev–Trinajstić information content (AvgIpc) is 3.02. The molecular weight excluding hydrogens is 286 g/mol. The number of amides is 1. The van der Waals surface area contributed by atoms with Gasteiger partial charge in [-0.05, 0) is 19.1 Å². The van der Waals surface area contributed by atoms with Crippen LogP contribution in [0.4, 0.5) is 5.69 Å². The number of carbonyl (C=O) groups is 1. The van der Waals surface area contributed by atoms with Crippen LogP contribution in [0.15, 0.2) is 24.3 Å². The summed E-state index contributed by atoms with van der Waals surface area (Å²) in [6, 6.07) is 7.64. The first-order valence-corrected chi connectivity index (χ1v) is 7.47. The molecule has 3 aromatic rings. The summed E-state index contributed by atoms with van der Waals surface area (Å²) in [7, 11) is 0. The van der Waals surface area contributed by atoms with Gasteiger partial charge in [0.15, 0.2) is 5.82 Å². The van der Waals surface area contributed by atoms with E-state index in [-0.39, 0.29) is 11.8 Å². The third-order valence-electron chi connectivity index (χ3n) is 3.09. The molecular formula is C14H15N5OS. The van der Waals surface area contributed by atoms with Gasteiger partial charge in [0.1, 0.15) is 5.01 Å². The van der Waals surface area contributed by atoms with Crippen LogP contribution in [-0.4, -0.2) is 25.7 Å². The minimum Gasteiger partial charge on any atom is -0.325 e. The summed E-state index contributed by atoms with van der Waals surface area (Å²) < 4.78 is 1.71. The molecule has 1 amide bonds. The highest BCUT2D eigenvalue weighted by Gasteiger charge is 2.15. The van der Waals surface area contributed by atoms with Crippen LogP contribution in [0.1, 0.15) is 19.7 Å². The second-order valence-electron chi connectivity index (χ2n) is 5.04. The molecule has 2 aromatic heterocycles. The maximum absolute atomic E-state index is 11.9. The third-order valence-corrected chi connectivity index (χ3v) is 4.02. The molecule has 0 bridgehead atoms. The van der Waals surface area contributed by atoms with Crippen molar-refractivity contribution in [2.24, 2.45) is 5.92 Å². The summed E-state index contributed by atoms with van der Waals surface area (Å²) in [5.74, 6) is 0.663. The highest BCUT2D eigenvalue weighted by molar-refractivity contribution is 7.19. The van der Waals surface area contributed by atoms with Gasteiger partial charge >= 0.3 is 0 Å². The quantitative estimate of drug-likeness (QED) is 0.807. The van der Waals surface area contributed by atoms with Crippen LogP contribution < -0.4 is 5.32 Å². The Morgan fingerprint density at radius 3 is 2.76 bits per heavy atom. The molecule has 0 unspecified atom stereocenters. The lowest BCUT2D eigenvalue weighted by molar-refractivity contribution is -0.118. The molecule has 0 spiro atoms. The van der Waals surface area contributed by atoms with E-state index in [9.17, 15) is 4.79 Å². The Bertz CT molecular complexity index is 805. The van der Waals surface area contributed by atoms with E-state index in [2.05, 4.69) is 20.6 Å². The molecule has 0 atom stereocenters. The number of aromatic nitrogens is 4. The molecule has 0 saturated heterocycles. The largest absolute Gasteiger partial charge is 0.325 e. The summed E-state index contributed by atoms with van der Waals surface area (Å²) in [6.07, 6.45) is 0. The van der Waals surface area contributed by atoms with Crippen molar-refractivity contribution < 1.29 is 4.79 Å². The number of nitrogens with one attached hydrogen (secondary N) is 1. The number of fused-ring (bicyclic) bond motifs is 1. The lowest BCUT2D eigenvalue weighted by Crippen LogP contribution is -2.18. The molecule has 0 radical (unpaired) electrons. The normalized spacial score (nSPS) is 11.2. The topological polar surface area (TPSA) is 72.2 Å². The van der Waals surface area contributed by atoms with Crippen molar-refractivity contribution in [1.29, 1.82) is 0 Å². The molecule has 0 saturated carbocycles. The zero-order valence-electron chi connectivity index (χ0n) is 12.0. The zero-order valence-corrected chi connectivity index (χ0v) is 12.8. The minimum absolute atomic E-state index is 0.0124. The fourth-order valence-corrected chi connectivity index (χ4v) is 2.80. The first-order valence-electron chi connectivity index (χ1n) is 6.65. The summed E-state index contributed by atoms with van der Waals surface area (Å²) in [5.41, 5.74) is 1.65. The Morgan fingerprint density at radius 1 is 1.29 bits per heavy atom. The van der Waals surface area contributed by atoms with Crippen molar-refractivity contribution in [3.8, 4) is 10.6 Å². The van der Waals surface area contributed by atoms with E-state index in [1.54, 1.807) is 4.52 Å². The first-order chi connectivity index (χ1) is 10.1. The fraction of sp³-hybridized carbons (Fsp3) is 0.286. The van der Waals surface area contributed by atoms with E-state index >= 15 is 0 Å². The average molecular weight is 301 g/mol. The van der Waals surface area contributed by atoms with E-state index < -0.39 is 0 Å². The number of para-hydroxylation sites is 1. The molecule has 6 nitrogen and oxygen atoms in total. The van der Waals surface area contributed by atoms with Gasteiger partial charge < -0.3 is 5.32 Å². The number of hydrogen-bond donors (Lipinski definition) is 1. The number of nitrogens with zero attached hydrogens (tertiary/aromatic N) is 4. The summed E-state index contributed by atoms with van der Waals surface area (Å²) in [6.45, 7) is 5.59. The number of rotatable bonds is 3. The summed E-state index contributed by atoms with van der Waals surface area (Å²) in [4.78, 5) is 12.7. The molecule has 1 N–H and O–H groups in total. The lowest BCUT2D eigenvalue weighted by Gasteiger charge is -2.10. The van der Waals surface area contributed by atoms with Crippen molar-refractivity contribution in [2.75, 3.05) is 5.32 Å². The number of hydrogen-bond acceptors (Lipinski definition) is 5. The Labute approximate surface area is 125 Å². The number of aryl methyl sites for hydroxylation is 1. The predicted molar refractivity (Wildman–Crippen MR) is 82.3 cm³/mol. The highest BCUT2D eigenvalue weighted by atomic mass is 32.1. The molecule has 7 heteroatoms. The van der Waals surface area contributed by atoms with E-state index in [1.165, 1.54) is 11.3 Å². The molecule has 0 aliphatic carbocycles. The third kappa shape index (κ3) is 2.52. The van der Waals surface area contributed by atoms with Gasteiger partial charge in [0.2, 0.25) is 10.9 Å². The van der Waals surface area contributed by atoms with Crippen LogP contribution in [0, 0.1) is 12.8 Å². The zero-order chi connectivity index (χ0) is 15.0. The van der Waals surface area contributed by atoms with Crippen LogP contribution >= 0.6 is 11.3 Å². The monoisotopic (exact) mass is 301 g/mol. The Hall–Kier alpha value is -2.28. The van der Waals surface area contributed by atoms with Crippen molar-refractivity contribution in [1.82, 2.24) is 19.8 Å². The smallest absolute Gasteiger partial charge is 0.234 e. The fourth-order valence-electron chi connectivity index (χ4n) is 1.88. The van der Waals surface area contributed by atoms with Gasteiger partial charge in [-0.1, -0.05) is 37.3 Å². The van der Waals surface area contributed by atoms with Gasteiger partial charge in [0.05, 0.1) is 5.69 Å². The second kappa shape index (κ2) is 5.25. The van der Waals surface area contributed by atoms with E-state index in [0.717, 1.165) is 27.0 Å². The number of benzene rings is 1. The standard InChI is InChI=1S/C14H15N5OS/c1-8(2)12(20)15-11-7-5-4-6-10(11)13-18-19-9(3)16-17-14(19)21-13/h4-8H,1-3H3,(H,15,20). The van der Waals surface area contributed by atoms with Gasteiger partial charge in [-0.2, -0.15) is 9.61 Å².